The Morgan fingerprint density at radius 1 is 1.25 bits per heavy atom. The average Bonchev–Trinajstić information content (AvgIpc) is 2.42. The van der Waals surface area contributed by atoms with Crippen molar-refractivity contribution in [1.29, 1.82) is 0 Å². The van der Waals surface area contributed by atoms with Crippen LogP contribution >= 0.6 is 0 Å². The fraction of sp³-hybridized carbons (Fsp3) is 0.417. The molecule has 0 aromatic heterocycles. The number of rotatable bonds is 3. The van der Waals surface area contributed by atoms with Gasteiger partial charge in [0.1, 0.15) is 11.5 Å². The van der Waals surface area contributed by atoms with Gasteiger partial charge >= 0.3 is 6.03 Å². The standard InChI is InChI=1S/C12H13F3N2O3/c13-7-5-8(14)11(9(15)6-7)16-12(18)17-20-10-3-1-2-4-19-10/h5-6,10H,1-4H2,(H2,16,17,18)/t10-/m0/s1. The minimum atomic E-state index is -1.22. The van der Waals surface area contributed by atoms with Crippen LogP contribution in [0.3, 0.4) is 0 Å². The van der Waals surface area contributed by atoms with E-state index in [1.54, 1.807) is 0 Å². The van der Waals surface area contributed by atoms with Gasteiger partial charge in [-0.2, -0.15) is 0 Å². The lowest BCUT2D eigenvalue weighted by Gasteiger charge is -2.22. The van der Waals surface area contributed by atoms with E-state index in [9.17, 15) is 18.0 Å². The van der Waals surface area contributed by atoms with Gasteiger partial charge in [0.05, 0.1) is 0 Å². The lowest BCUT2D eigenvalue weighted by Crippen LogP contribution is -2.36. The summed E-state index contributed by atoms with van der Waals surface area (Å²) in [6.45, 7) is 0.523. The molecule has 1 atom stereocenters. The highest BCUT2D eigenvalue weighted by Crippen LogP contribution is 2.20. The summed E-state index contributed by atoms with van der Waals surface area (Å²) >= 11 is 0. The number of nitrogens with one attached hydrogen (secondary N) is 2. The van der Waals surface area contributed by atoms with E-state index in [0.717, 1.165) is 12.8 Å². The molecule has 1 heterocycles. The molecule has 2 amide bonds. The van der Waals surface area contributed by atoms with Crippen molar-refractivity contribution in [2.75, 3.05) is 11.9 Å². The largest absolute Gasteiger partial charge is 0.350 e. The van der Waals surface area contributed by atoms with Crippen LogP contribution in [0.1, 0.15) is 19.3 Å². The summed E-state index contributed by atoms with van der Waals surface area (Å²) in [7, 11) is 0. The van der Waals surface area contributed by atoms with Gasteiger partial charge in [-0.15, -0.1) is 0 Å². The summed E-state index contributed by atoms with van der Waals surface area (Å²) in [4.78, 5) is 16.3. The second kappa shape index (κ2) is 6.58. The van der Waals surface area contributed by atoms with Crippen molar-refractivity contribution in [2.45, 2.75) is 25.6 Å². The number of halogens is 3. The first-order valence-electron chi connectivity index (χ1n) is 6.05. The summed E-state index contributed by atoms with van der Waals surface area (Å²) in [5, 5.41) is 1.90. The van der Waals surface area contributed by atoms with E-state index in [1.807, 2.05) is 10.8 Å². The number of hydroxylamine groups is 1. The minimum Gasteiger partial charge on any atom is -0.350 e. The lowest BCUT2D eigenvalue weighted by atomic mass is 10.2. The molecule has 1 saturated heterocycles. The summed E-state index contributed by atoms with van der Waals surface area (Å²) in [5.41, 5.74) is 1.22. The van der Waals surface area contributed by atoms with Crippen molar-refractivity contribution in [1.82, 2.24) is 5.48 Å². The molecule has 5 nitrogen and oxygen atoms in total. The number of hydrogen-bond acceptors (Lipinski definition) is 3. The van der Waals surface area contributed by atoms with Crippen LogP contribution in [0.25, 0.3) is 0 Å². The fourth-order valence-corrected chi connectivity index (χ4v) is 1.72. The number of benzene rings is 1. The monoisotopic (exact) mass is 290 g/mol. The summed E-state index contributed by atoms with van der Waals surface area (Å²) in [6, 6.07) is -0.0586. The molecule has 1 aliphatic heterocycles. The molecule has 0 bridgehead atoms. The zero-order chi connectivity index (χ0) is 14.5. The smallest absolute Gasteiger partial charge is 0.343 e. The molecule has 1 aliphatic rings. The van der Waals surface area contributed by atoms with E-state index in [2.05, 4.69) is 0 Å². The number of anilines is 1. The zero-order valence-electron chi connectivity index (χ0n) is 10.4. The van der Waals surface area contributed by atoms with Crippen LogP contribution in [0, 0.1) is 17.5 Å². The third-order valence-corrected chi connectivity index (χ3v) is 2.67. The molecule has 20 heavy (non-hydrogen) atoms. The molecular formula is C12H13F3N2O3. The van der Waals surface area contributed by atoms with E-state index in [0.29, 0.717) is 25.2 Å². The second-order valence-corrected chi connectivity index (χ2v) is 4.21. The molecule has 1 fully saturated rings. The second-order valence-electron chi connectivity index (χ2n) is 4.21. The van der Waals surface area contributed by atoms with Crippen LogP contribution in [0.4, 0.5) is 23.7 Å². The number of urea groups is 1. The Labute approximate surface area is 113 Å². The van der Waals surface area contributed by atoms with E-state index >= 15 is 0 Å². The SMILES string of the molecule is O=C(NO[C@H]1CCCCO1)Nc1c(F)cc(F)cc1F. The highest BCUT2D eigenvalue weighted by atomic mass is 19.1. The Kier molecular flexibility index (Phi) is 4.80. The molecule has 0 radical (unpaired) electrons. The van der Waals surface area contributed by atoms with Crippen LogP contribution in [0.5, 0.6) is 0 Å². The zero-order valence-corrected chi connectivity index (χ0v) is 10.4. The quantitative estimate of drug-likeness (QED) is 0.841. The molecule has 0 unspecified atom stereocenters. The third kappa shape index (κ3) is 3.84. The van der Waals surface area contributed by atoms with Gasteiger partial charge in [-0.25, -0.2) is 28.3 Å². The molecule has 1 aromatic carbocycles. The predicted molar refractivity (Wildman–Crippen MR) is 63.1 cm³/mol. The Morgan fingerprint density at radius 3 is 2.55 bits per heavy atom. The molecule has 8 heteroatoms. The molecule has 2 N–H and O–H groups in total. The first-order chi connectivity index (χ1) is 9.56. The van der Waals surface area contributed by atoms with Crippen LogP contribution < -0.4 is 10.8 Å². The fourth-order valence-electron chi connectivity index (χ4n) is 1.72. The molecular weight excluding hydrogens is 277 g/mol. The van der Waals surface area contributed by atoms with Crippen LogP contribution in [-0.2, 0) is 9.57 Å². The van der Waals surface area contributed by atoms with Crippen molar-refractivity contribution in [2.24, 2.45) is 0 Å². The van der Waals surface area contributed by atoms with E-state index < -0.39 is 35.5 Å². The van der Waals surface area contributed by atoms with Gasteiger partial charge < -0.3 is 10.1 Å². The maximum absolute atomic E-state index is 13.3. The van der Waals surface area contributed by atoms with Crippen molar-refractivity contribution in [3.8, 4) is 0 Å². The van der Waals surface area contributed by atoms with Crippen LogP contribution in [0.15, 0.2) is 12.1 Å². The molecule has 1 aromatic rings. The van der Waals surface area contributed by atoms with Crippen molar-refractivity contribution >= 4 is 11.7 Å². The molecule has 0 aliphatic carbocycles. The van der Waals surface area contributed by atoms with Crippen molar-refractivity contribution in [3.05, 3.63) is 29.6 Å². The Morgan fingerprint density at radius 2 is 1.95 bits per heavy atom. The maximum Gasteiger partial charge on any atom is 0.343 e. The van der Waals surface area contributed by atoms with Crippen molar-refractivity contribution in [3.63, 3.8) is 0 Å². The number of carbonyl (C=O) groups is 1. The number of ether oxygens (including phenoxy) is 1. The maximum atomic E-state index is 13.3. The molecule has 0 spiro atoms. The average molecular weight is 290 g/mol. The summed E-state index contributed by atoms with van der Waals surface area (Å²) in [5.74, 6) is -3.50. The summed E-state index contributed by atoms with van der Waals surface area (Å²) in [6.07, 6.45) is 1.84. The van der Waals surface area contributed by atoms with E-state index in [-0.39, 0.29) is 0 Å². The van der Waals surface area contributed by atoms with Gasteiger partial charge in [-0.3, -0.25) is 0 Å². The number of hydrogen-bond donors (Lipinski definition) is 2. The number of amides is 2. The van der Waals surface area contributed by atoms with Gasteiger partial charge in [0.2, 0.25) is 0 Å². The highest BCUT2D eigenvalue weighted by molar-refractivity contribution is 5.88. The third-order valence-electron chi connectivity index (χ3n) is 2.67. The molecule has 110 valence electrons. The van der Waals surface area contributed by atoms with Gasteiger partial charge in [-0.05, 0) is 12.8 Å². The minimum absolute atomic E-state index is 0.462. The van der Waals surface area contributed by atoms with Gasteiger partial charge in [0.25, 0.3) is 0 Å². The molecule has 2 rings (SSSR count). The van der Waals surface area contributed by atoms with Gasteiger partial charge in [0, 0.05) is 25.2 Å². The van der Waals surface area contributed by atoms with E-state index in [1.165, 1.54) is 0 Å². The first-order valence-corrected chi connectivity index (χ1v) is 6.05. The summed E-state index contributed by atoms with van der Waals surface area (Å²) < 4.78 is 44.4. The van der Waals surface area contributed by atoms with Crippen molar-refractivity contribution < 1.29 is 27.5 Å². The van der Waals surface area contributed by atoms with Gasteiger partial charge in [-0.1, -0.05) is 0 Å². The Hall–Kier alpha value is -1.80. The normalized spacial score (nSPS) is 18.6. The van der Waals surface area contributed by atoms with Gasteiger partial charge in [0.15, 0.2) is 17.9 Å². The lowest BCUT2D eigenvalue weighted by molar-refractivity contribution is -0.185. The highest BCUT2D eigenvalue weighted by Gasteiger charge is 2.18. The first kappa shape index (κ1) is 14.6. The van der Waals surface area contributed by atoms with Crippen LogP contribution in [0.2, 0.25) is 0 Å². The topological polar surface area (TPSA) is 59.6 Å². The Balaban J connectivity index is 1.88. The Bertz CT molecular complexity index is 470. The predicted octanol–water partition coefficient (Wildman–Crippen LogP) is 2.68. The van der Waals surface area contributed by atoms with Crippen LogP contribution in [-0.4, -0.2) is 18.9 Å². The molecule has 0 saturated carbocycles. The van der Waals surface area contributed by atoms with E-state index in [4.69, 9.17) is 9.57 Å². The number of carbonyl (C=O) groups excluding carboxylic acids is 1.